The molecule has 0 radical (unpaired) electrons. The average molecular weight is 443 g/mol. The molecule has 33 heavy (non-hydrogen) atoms. The average Bonchev–Trinajstić information content (AvgIpc) is 3.25. The van der Waals surface area contributed by atoms with E-state index in [1.54, 1.807) is 38.6 Å². The Bertz CT molecular complexity index is 1220. The van der Waals surface area contributed by atoms with Crippen LogP contribution >= 0.6 is 0 Å². The summed E-state index contributed by atoms with van der Waals surface area (Å²) in [5, 5.41) is 7.56. The first-order valence-corrected chi connectivity index (χ1v) is 10.7. The number of carbonyl (C=O) groups is 1. The van der Waals surface area contributed by atoms with Crippen molar-refractivity contribution in [2.45, 2.75) is 19.6 Å². The van der Waals surface area contributed by atoms with E-state index in [1.165, 1.54) is 0 Å². The van der Waals surface area contributed by atoms with Crippen LogP contribution in [0.5, 0.6) is 11.5 Å². The van der Waals surface area contributed by atoms with Crippen molar-refractivity contribution in [1.82, 2.24) is 20.1 Å². The molecule has 0 aliphatic carbocycles. The van der Waals surface area contributed by atoms with Gasteiger partial charge in [-0.25, -0.2) is 0 Å². The molecule has 7 nitrogen and oxygen atoms in total. The van der Waals surface area contributed by atoms with Gasteiger partial charge in [0.1, 0.15) is 5.69 Å². The number of benzene rings is 2. The van der Waals surface area contributed by atoms with Crippen molar-refractivity contribution in [2.24, 2.45) is 7.05 Å². The molecule has 1 atom stereocenters. The van der Waals surface area contributed by atoms with E-state index in [-0.39, 0.29) is 5.91 Å². The minimum absolute atomic E-state index is 0.199. The summed E-state index contributed by atoms with van der Waals surface area (Å²) in [6, 6.07) is 19.2. The van der Waals surface area contributed by atoms with Crippen LogP contribution in [0.1, 0.15) is 12.5 Å². The fraction of sp³-hybridized carbons (Fsp3) is 0.192. The third-order valence-electron chi connectivity index (χ3n) is 5.26. The van der Waals surface area contributed by atoms with Crippen molar-refractivity contribution >= 4 is 5.91 Å². The number of amides is 1. The smallest absolute Gasteiger partial charge is 0.261 e. The van der Waals surface area contributed by atoms with Gasteiger partial charge in [0.15, 0.2) is 17.6 Å². The van der Waals surface area contributed by atoms with Gasteiger partial charge in [0.2, 0.25) is 0 Å². The molecule has 0 saturated heterocycles. The molecule has 2 aromatic heterocycles. The van der Waals surface area contributed by atoms with Gasteiger partial charge in [0.05, 0.1) is 7.11 Å². The number of hydrogen-bond donors (Lipinski definition) is 1. The lowest BCUT2D eigenvalue weighted by Gasteiger charge is -2.16. The number of methoxy groups -OCH3 is 1. The maximum atomic E-state index is 12.5. The predicted octanol–water partition coefficient (Wildman–Crippen LogP) is 4.24. The van der Waals surface area contributed by atoms with Crippen molar-refractivity contribution in [3.05, 3.63) is 84.8 Å². The fourth-order valence-corrected chi connectivity index (χ4v) is 3.52. The fourth-order valence-electron chi connectivity index (χ4n) is 3.52. The Labute approximate surface area is 193 Å². The topological polar surface area (TPSA) is 78.3 Å². The molecule has 0 aliphatic heterocycles. The second-order valence-corrected chi connectivity index (χ2v) is 7.63. The van der Waals surface area contributed by atoms with E-state index in [2.05, 4.69) is 15.4 Å². The summed E-state index contributed by atoms with van der Waals surface area (Å²) in [5.41, 5.74) is 5.00. The normalized spacial score (nSPS) is 11.6. The zero-order valence-electron chi connectivity index (χ0n) is 18.9. The van der Waals surface area contributed by atoms with Gasteiger partial charge in [0.25, 0.3) is 5.91 Å². The van der Waals surface area contributed by atoms with E-state index < -0.39 is 6.10 Å². The number of nitrogens with one attached hydrogen (secondary N) is 1. The Balaban J connectivity index is 1.40. The summed E-state index contributed by atoms with van der Waals surface area (Å²) in [7, 11) is 3.48. The van der Waals surface area contributed by atoms with Crippen molar-refractivity contribution in [3.8, 4) is 33.9 Å². The largest absolute Gasteiger partial charge is 0.493 e. The molecule has 0 saturated carbocycles. The molecule has 0 fully saturated rings. The molecule has 0 unspecified atom stereocenters. The second-order valence-electron chi connectivity index (χ2n) is 7.63. The summed E-state index contributed by atoms with van der Waals surface area (Å²) in [6.45, 7) is 2.12. The van der Waals surface area contributed by atoms with E-state index in [4.69, 9.17) is 9.47 Å². The Morgan fingerprint density at radius 1 is 1.00 bits per heavy atom. The van der Waals surface area contributed by atoms with Crippen molar-refractivity contribution in [3.63, 3.8) is 0 Å². The molecule has 1 amide bonds. The van der Waals surface area contributed by atoms with Crippen LogP contribution in [-0.4, -0.2) is 33.9 Å². The number of hydrogen-bond acceptors (Lipinski definition) is 5. The highest BCUT2D eigenvalue weighted by Crippen LogP contribution is 2.30. The van der Waals surface area contributed by atoms with Crippen LogP contribution in [0.3, 0.4) is 0 Å². The highest BCUT2D eigenvalue weighted by molar-refractivity contribution is 5.81. The van der Waals surface area contributed by atoms with Crippen molar-refractivity contribution in [1.29, 1.82) is 0 Å². The minimum Gasteiger partial charge on any atom is -0.493 e. The molecule has 2 heterocycles. The van der Waals surface area contributed by atoms with Gasteiger partial charge in [-0.3, -0.25) is 14.5 Å². The molecule has 0 aliphatic rings. The Morgan fingerprint density at radius 2 is 1.70 bits per heavy atom. The first-order chi connectivity index (χ1) is 16.0. The van der Waals surface area contributed by atoms with E-state index in [1.807, 2.05) is 66.5 Å². The highest BCUT2D eigenvalue weighted by atomic mass is 16.5. The molecule has 7 heteroatoms. The van der Waals surface area contributed by atoms with Crippen LogP contribution in [0.15, 0.2) is 79.3 Å². The molecule has 168 valence electrons. The summed E-state index contributed by atoms with van der Waals surface area (Å²) >= 11 is 0. The molecule has 2 aromatic carbocycles. The third-order valence-corrected chi connectivity index (χ3v) is 5.26. The van der Waals surface area contributed by atoms with Gasteiger partial charge >= 0.3 is 0 Å². The van der Waals surface area contributed by atoms with Gasteiger partial charge in [-0.1, -0.05) is 36.4 Å². The van der Waals surface area contributed by atoms with E-state index >= 15 is 0 Å². The molecule has 4 rings (SSSR count). The highest BCUT2D eigenvalue weighted by Gasteiger charge is 2.17. The quantitative estimate of drug-likeness (QED) is 0.442. The number of aryl methyl sites for hydroxylation is 1. The lowest BCUT2D eigenvalue weighted by Crippen LogP contribution is -2.35. The summed E-state index contributed by atoms with van der Waals surface area (Å²) in [6.07, 6.45) is 4.89. The number of para-hydroxylation sites is 2. The first-order valence-electron chi connectivity index (χ1n) is 10.7. The maximum Gasteiger partial charge on any atom is 0.261 e. The number of carbonyl (C=O) groups excluding carboxylic acids is 1. The molecular weight excluding hydrogens is 416 g/mol. The van der Waals surface area contributed by atoms with Crippen LogP contribution in [0, 0.1) is 0 Å². The SMILES string of the molecule is COc1ccccc1O[C@@H](C)C(=O)NCc1ccc(-c2nn(C)cc2-c2ccncc2)cc1. The number of pyridine rings is 1. The van der Waals surface area contributed by atoms with Crippen LogP contribution in [-0.2, 0) is 18.4 Å². The van der Waals surface area contributed by atoms with Crippen molar-refractivity contribution < 1.29 is 14.3 Å². The number of aromatic nitrogens is 3. The predicted molar refractivity (Wildman–Crippen MR) is 127 cm³/mol. The van der Waals surface area contributed by atoms with Crippen LogP contribution in [0.2, 0.25) is 0 Å². The van der Waals surface area contributed by atoms with Gasteiger partial charge in [-0.2, -0.15) is 5.10 Å². The zero-order valence-corrected chi connectivity index (χ0v) is 18.9. The molecule has 0 bridgehead atoms. The first kappa shape index (κ1) is 22.1. The van der Waals surface area contributed by atoms with E-state index in [9.17, 15) is 4.79 Å². The Kier molecular flexibility index (Phi) is 6.69. The van der Waals surface area contributed by atoms with Crippen LogP contribution in [0.25, 0.3) is 22.4 Å². The van der Waals surface area contributed by atoms with E-state index in [0.717, 1.165) is 27.9 Å². The summed E-state index contributed by atoms with van der Waals surface area (Å²) in [4.78, 5) is 16.6. The Hall–Kier alpha value is -4.13. The lowest BCUT2D eigenvalue weighted by molar-refractivity contribution is -0.127. The molecule has 4 aromatic rings. The zero-order chi connectivity index (χ0) is 23.2. The monoisotopic (exact) mass is 442 g/mol. The minimum atomic E-state index is -0.656. The van der Waals surface area contributed by atoms with Gasteiger partial charge in [0, 0.05) is 43.3 Å². The van der Waals surface area contributed by atoms with Gasteiger partial charge in [-0.05, 0) is 42.3 Å². The standard InChI is InChI=1S/C26H26N4O3/c1-18(33-24-7-5-4-6-23(24)32-3)26(31)28-16-19-8-10-21(11-9-19)25-22(17-30(2)29-25)20-12-14-27-15-13-20/h4-15,17-18H,16H2,1-3H3,(H,28,31)/t18-/m0/s1. The summed E-state index contributed by atoms with van der Waals surface area (Å²) in [5.74, 6) is 0.926. The number of ether oxygens (including phenoxy) is 2. The Morgan fingerprint density at radius 3 is 2.39 bits per heavy atom. The molecular formula is C26H26N4O3. The molecule has 1 N–H and O–H groups in total. The van der Waals surface area contributed by atoms with E-state index in [0.29, 0.717) is 18.0 Å². The maximum absolute atomic E-state index is 12.5. The van der Waals surface area contributed by atoms with Gasteiger partial charge in [-0.15, -0.1) is 0 Å². The second kappa shape index (κ2) is 9.99. The van der Waals surface area contributed by atoms with Crippen LogP contribution in [0.4, 0.5) is 0 Å². The summed E-state index contributed by atoms with van der Waals surface area (Å²) < 4.78 is 12.9. The van der Waals surface area contributed by atoms with Crippen LogP contribution < -0.4 is 14.8 Å². The number of nitrogens with zero attached hydrogens (tertiary/aromatic N) is 3. The number of rotatable bonds is 8. The lowest BCUT2D eigenvalue weighted by atomic mass is 10.0. The third kappa shape index (κ3) is 5.20. The van der Waals surface area contributed by atoms with Crippen molar-refractivity contribution in [2.75, 3.05) is 7.11 Å². The van der Waals surface area contributed by atoms with Gasteiger partial charge < -0.3 is 14.8 Å². The molecule has 0 spiro atoms.